The van der Waals surface area contributed by atoms with E-state index in [1.807, 2.05) is 11.8 Å². The Morgan fingerprint density at radius 2 is 1.93 bits per heavy atom. The van der Waals surface area contributed by atoms with Gasteiger partial charge in [0, 0.05) is 43.4 Å². The van der Waals surface area contributed by atoms with Crippen molar-refractivity contribution in [3.05, 3.63) is 17.0 Å². The number of hydrogen-bond acceptors (Lipinski definition) is 4. The van der Waals surface area contributed by atoms with Crippen LogP contribution in [0.1, 0.15) is 74.1 Å². The third kappa shape index (κ3) is 5.38. The Balaban J connectivity index is 1.37. The number of amides is 2. The predicted molar refractivity (Wildman–Crippen MR) is 114 cm³/mol. The van der Waals surface area contributed by atoms with Crippen molar-refractivity contribution in [1.82, 2.24) is 25.3 Å². The number of nitrogens with one attached hydrogen (secondary N) is 2. The number of piperidine rings is 1. The number of aryl methyl sites for hydroxylation is 1. The first-order valence-electron chi connectivity index (χ1n) is 11.4. The number of H-pyrrole nitrogens is 1. The summed E-state index contributed by atoms with van der Waals surface area (Å²) in [6, 6.07) is 0.511. The minimum Gasteiger partial charge on any atom is -0.355 e. The van der Waals surface area contributed by atoms with Gasteiger partial charge in [0.15, 0.2) is 5.69 Å². The third-order valence-corrected chi connectivity index (χ3v) is 6.79. The first kappa shape index (κ1) is 21.8. The summed E-state index contributed by atoms with van der Waals surface area (Å²) >= 11 is 0. The zero-order valence-electron chi connectivity index (χ0n) is 18.3. The van der Waals surface area contributed by atoms with Gasteiger partial charge in [0.05, 0.1) is 0 Å². The van der Waals surface area contributed by atoms with Gasteiger partial charge in [0.1, 0.15) is 0 Å². The predicted octanol–water partition coefficient (Wildman–Crippen LogP) is 2.51. The van der Waals surface area contributed by atoms with Crippen LogP contribution in [0.5, 0.6) is 0 Å². The molecule has 0 bridgehead atoms. The molecular formula is C22H37N5O2. The van der Waals surface area contributed by atoms with Gasteiger partial charge >= 0.3 is 0 Å². The standard InChI is InChI=1S/C22H37N5O2/c1-4-19-16(3)21(25-24-19)22(29)27-13-10-17(11-14-27)8-9-20(28)23-15-18-7-6-12-26(18)5-2/h17-18H,4-15H2,1-3H3,(H,23,28)(H,24,25). The first-order valence-corrected chi connectivity index (χ1v) is 11.4. The van der Waals surface area contributed by atoms with Crippen molar-refractivity contribution < 1.29 is 9.59 Å². The second-order valence-electron chi connectivity index (χ2n) is 8.53. The first-order chi connectivity index (χ1) is 14.0. The van der Waals surface area contributed by atoms with Crippen LogP contribution in [0.3, 0.4) is 0 Å². The van der Waals surface area contributed by atoms with E-state index in [4.69, 9.17) is 0 Å². The lowest BCUT2D eigenvalue weighted by atomic mass is 9.91. The van der Waals surface area contributed by atoms with Crippen LogP contribution < -0.4 is 5.32 Å². The molecule has 2 fully saturated rings. The number of hydrogen-bond donors (Lipinski definition) is 2. The molecule has 7 heteroatoms. The number of carbonyl (C=O) groups excluding carboxylic acids is 2. The van der Waals surface area contributed by atoms with Gasteiger partial charge in [-0.25, -0.2) is 0 Å². The number of likely N-dealkylation sites (tertiary alicyclic amines) is 2. The Kier molecular flexibility index (Phi) is 7.70. The highest BCUT2D eigenvalue weighted by molar-refractivity contribution is 5.94. The van der Waals surface area contributed by atoms with Gasteiger partial charge in [-0.05, 0) is 64.5 Å². The highest BCUT2D eigenvalue weighted by Crippen LogP contribution is 2.24. The van der Waals surface area contributed by atoms with E-state index in [2.05, 4.69) is 34.3 Å². The molecule has 29 heavy (non-hydrogen) atoms. The van der Waals surface area contributed by atoms with Crippen LogP contribution in [0.25, 0.3) is 0 Å². The van der Waals surface area contributed by atoms with Gasteiger partial charge in [-0.15, -0.1) is 0 Å². The van der Waals surface area contributed by atoms with Crippen molar-refractivity contribution in [3.8, 4) is 0 Å². The average Bonchev–Trinajstić information content (AvgIpc) is 3.36. The molecule has 1 aromatic rings. The monoisotopic (exact) mass is 403 g/mol. The molecule has 0 spiro atoms. The highest BCUT2D eigenvalue weighted by atomic mass is 16.2. The summed E-state index contributed by atoms with van der Waals surface area (Å²) < 4.78 is 0. The summed E-state index contributed by atoms with van der Waals surface area (Å²) in [6.45, 7) is 10.7. The SMILES string of the molecule is CCc1[nH]nc(C(=O)N2CCC(CCC(=O)NCC3CCCN3CC)CC2)c1C. The van der Waals surface area contributed by atoms with E-state index in [9.17, 15) is 9.59 Å². The summed E-state index contributed by atoms with van der Waals surface area (Å²) in [7, 11) is 0. The molecule has 2 amide bonds. The molecule has 7 nitrogen and oxygen atoms in total. The van der Waals surface area contributed by atoms with E-state index in [1.54, 1.807) is 0 Å². The molecule has 2 aliphatic heterocycles. The van der Waals surface area contributed by atoms with Crippen LogP contribution in [0, 0.1) is 12.8 Å². The van der Waals surface area contributed by atoms with Crippen molar-refractivity contribution in [3.63, 3.8) is 0 Å². The van der Waals surface area contributed by atoms with Crippen molar-refractivity contribution in [1.29, 1.82) is 0 Å². The smallest absolute Gasteiger partial charge is 0.274 e. The van der Waals surface area contributed by atoms with Crippen molar-refractivity contribution in [2.24, 2.45) is 5.92 Å². The molecule has 1 unspecified atom stereocenters. The minimum absolute atomic E-state index is 0.0340. The Morgan fingerprint density at radius 3 is 2.59 bits per heavy atom. The molecule has 162 valence electrons. The van der Waals surface area contributed by atoms with Crippen LogP contribution in [-0.2, 0) is 11.2 Å². The van der Waals surface area contributed by atoms with Crippen molar-refractivity contribution in [2.75, 3.05) is 32.7 Å². The molecule has 1 aromatic heterocycles. The van der Waals surface area contributed by atoms with E-state index in [-0.39, 0.29) is 11.8 Å². The van der Waals surface area contributed by atoms with Gasteiger partial charge in [-0.2, -0.15) is 5.10 Å². The Labute approximate surface area is 174 Å². The van der Waals surface area contributed by atoms with Crippen LogP contribution in [0.4, 0.5) is 0 Å². The summed E-state index contributed by atoms with van der Waals surface area (Å²) in [6.07, 6.45) is 6.73. The van der Waals surface area contributed by atoms with Gasteiger partial charge < -0.3 is 10.2 Å². The second-order valence-corrected chi connectivity index (χ2v) is 8.53. The minimum atomic E-state index is 0.0340. The Morgan fingerprint density at radius 1 is 1.17 bits per heavy atom. The summed E-state index contributed by atoms with van der Waals surface area (Å²) in [5.41, 5.74) is 2.57. The molecular weight excluding hydrogens is 366 g/mol. The maximum atomic E-state index is 12.8. The van der Waals surface area contributed by atoms with Crippen LogP contribution in [-0.4, -0.2) is 70.6 Å². The number of likely N-dealkylation sites (N-methyl/N-ethyl adjacent to an activating group) is 1. The van der Waals surface area contributed by atoms with Gasteiger partial charge in [-0.3, -0.25) is 19.6 Å². The summed E-state index contributed by atoms with van der Waals surface area (Å²) in [5, 5.41) is 10.3. The van der Waals surface area contributed by atoms with E-state index in [0.29, 0.717) is 24.1 Å². The number of carbonyl (C=O) groups is 2. The van der Waals surface area contributed by atoms with Gasteiger partial charge in [-0.1, -0.05) is 13.8 Å². The molecule has 2 saturated heterocycles. The van der Waals surface area contributed by atoms with Crippen LogP contribution >= 0.6 is 0 Å². The fourth-order valence-corrected chi connectivity index (χ4v) is 4.76. The largest absolute Gasteiger partial charge is 0.355 e. The Bertz CT molecular complexity index is 693. The molecule has 0 radical (unpaired) electrons. The van der Waals surface area contributed by atoms with Crippen molar-refractivity contribution >= 4 is 11.8 Å². The number of aromatic nitrogens is 2. The molecule has 3 heterocycles. The van der Waals surface area contributed by atoms with E-state index in [1.165, 1.54) is 12.8 Å². The fraction of sp³-hybridized carbons (Fsp3) is 0.773. The highest BCUT2D eigenvalue weighted by Gasteiger charge is 2.27. The fourth-order valence-electron chi connectivity index (χ4n) is 4.76. The molecule has 0 saturated carbocycles. The quantitative estimate of drug-likeness (QED) is 0.699. The Hall–Kier alpha value is -1.89. The normalized spacial score (nSPS) is 20.9. The van der Waals surface area contributed by atoms with Crippen LogP contribution in [0.2, 0.25) is 0 Å². The summed E-state index contributed by atoms with van der Waals surface area (Å²) in [5.74, 6) is 0.729. The van der Waals surface area contributed by atoms with Gasteiger partial charge in [0.2, 0.25) is 5.91 Å². The maximum Gasteiger partial charge on any atom is 0.274 e. The maximum absolute atomic E-state index is 12.8. The topological polar surface area (TPSA) is 81.3 Å². The average molecular weight is 404 g/mol. The second kappa shape index (κ2) is 10.2. The molecule has 2 aliphatic rings. The lowest BCUT2D eigenvalue weighted by molar-refractivity contribution is -0.121. The van der Waals surface area contributed by atoms with E-state index in [0.717, 1.165) is 69.7 Å². The number of nitrogens with zero attached hydrogens (tertiary/aromatic N) is 3. The lowest BCUT2D eigenvalue weighted by Crippen LogP contribution is -2.40. The zero-order valence-corrected chi connectivity index (χ0v) is 18.3. The molecule has 0 aromatic carbocycles. The molecule has 3 rings (SSSR count). The number of aromatic amines is 1. The zero-order chi connectivity index (χ0) is 20.8. The van der Waals surface area contributed by atoms with Gasteiger partial charge in [0.25, 0.3) is 5.91 Å². The molecule has 1 atom stereocenters. The van der Waals surface area contributed by atoms with Crippen LogP contribution in [0.15, 0.2) is 0 Å². The lowest BCUT2D eigenvalue weighted by Gasteiger charge is -2.31. The number of rotatable bonds is 8. The third-order valence-electron chi connectivity index (χ3n) is 6.79. The van der Waals surface area contributed by atoms with Crippen molar-refractivity contribution in [2.45, 2.75) is 71.8 Å². The van der Waals surface area contributed by atoms with E-state index < -0.39 is 0 Å². The van der Waals surface area contributed by atoms with E-state index >= 15 is 0 Å². The molecule has 0 aliphatic carbocycles. The summed E-state index contributed by atoms with van der Waals surface area (Å²) in [4.78, 5) is 29.4. The molecule has 2 N–H and O–H groups in total.